The molecule has 1 N–H and O–H groups in total. The topological polar surface area (TPSA) is 58.4 Å². The minimum atomic E-state index is 0.334. The Balaban J connectivity index is 1.14. The lowest BCUT2D eigenvalue weighted by Gasteiger charge is -2.36. The molecule has 2 aliphatic heterocycles. The first-order chi connectivity index (χ1) is 16.7. The van der Waals surface area contributed by atoms with Gasteiger partial charge in [-0.15, -0.1) is 0 Å². The molecule has 5 rings (SSSR count). The quantitative estimate of drug-likeness (QED) is 0.544. The minimum Gasteiger partial charge on any atom is -0.356 e. The summed E-state index contributed by atoms with van der Waals surface area (Å²) in [6, 6.07) is 22.9. The normalized spacial score (nSPS) is 21.5. The number of benzene rings is 2. The van der Waals surface area contributed by atoms with Gasteiger partial charge in [0.15, 0.2) is 5.76 Å². The molecule has 34 heavy (non-hydrogen) atoms. The fourth-order valence-electron chi connectivity index (χ4n) is 5.59. The smallest absolute Gasteiger partial charge is 0.222 e. The average Bonchev–Trinajstić information content (AvgIpc) is 3.35. The van der Waals surface area contributed by atoms with Gasteiger partial charge in [0.1, 0.15) is 0 Å². The average molecular weight is 458 g/mol. The second-order valence-electron chi connectivity index (χ2n) is 9.98. The van der Waals surface area contributed by atoms with Crippen molar-refractivity contribution in [2.24, 2.45) is 17.8 Å². The van der Waals surface area contributed by atoms with Gasteiger partial charge in [-0.25, -0.2) is 0 Å². The number of carbonyl (C=O) groups excluding carboxylic acids is 1. The number of hydrogen-bond donors (Lipinski definition) is 1. The van der Waals surface area contributed by atoms with Gasteiger partial charge < -0.3 is 14.7 Å². The molecule has 5 heteroatoms. The Morgan fingerprint density at radius 1 is 0.941 bits per heavy atom. The highest BCUT2D eigenvalue weighted by Gasteiger charge is 2.31. The molecule has 1 amide bonds. The summed E-state index contributed by atoms with van der Waals surface area (Å²) in [5, 5.41) is 7.86. The van der Waals surface area contributed by atoms with Crippen molar-refractivity contribution in [2.75, 3.05) is 26.2 Å². The van der Waals surface area contributed by atoms with Crippen LogP contribution in [0.15, 0.2) is 71.3 Å². The van der Waals surface area contributed by atoms with Crippen LogP contribution in [0.2, 0.25) is 0 Å². The summed E-state index contributed by atoms with van der Waals surface area (Å²) < 4.78 is 5.61. The Bertz CT molecular complexity index is 1040. The lowest BCUT2D eigenvalue weighted by molar-refractivity contribution is -0.134. The predicted molar refractivity (Wildman–Crippen MR) is 134 cm³/mol. The van der Waals surface area contributed by atoms with E-state index < -0.39 is 0 Å². The summed E-state index contributed by atoms with van der Waals surface area (Å²) in [6.07, 6.45) is 5.89. The third-order valence-corrected chi connectivity index (χ3v) is 7.62. The number of nitrogens with zero attached hydrogens (tertiary/aromatic N) is 2. The van der Waals surface area contributed by atoms with Crippen molar-refractivity contribution >= 4 is 5.91 Å². The van der Waals surface area contributed by atoms with E-state index in [2.05, 4.69) is 51.8 Å². The van der Waals surface area contributed by atoms with Crippen molar-refractivity contribution in [3.8, 4) is 11.3 Å². The van der Waals surface area contributed by atoms with E-state index in [-0.39, 0.29) is 0 Å². The van der Waals surface area contributed by atoms with Crippen LogP contribution < -0.4 is 5.32 Å². The molecule has 3 aromatic rings. The fourth-order valence-corrected chi connectivity index (χ4v) is 5.59. The van der Waals surface area contributed by atoms with Gasteiger partial charge in [0.2, 0.25) is 5.91 Å². The molecule has 0 radical (unpaired) electrons. The molecule has 0 spiro atoms. The van der Waals surface area contributed by atoms with Crippen LogP contribution in [0.4, 0.5) is 0 Å². The highest BCUT2D eigenvalue weighted by molar-refractivity contribution is 5.76. The van der Waals surface area contributed by atoms with Crippen LogP contribution in [0.5, 0.6) is 0 Å². The Hall–Kier alpha value is -2.92. The maximum atomic E-state index is 13.2. The van der Waals surface area contributed by atoms with E-state index in [1.165, 1.54) is 5.56 Å². The van der Waals surface area contributed by atoms with Gasteiger partial charge in [0, 0.05) is 31.1 Å². The van der Waals surface area contributed by atoms with Crippen LogP contribution in [0.25, 0.3) is 11.3 Å². The van der Waals surface area contributed by atoms with E-state index >= 15 is 0 Å². The van der Waals surface area contributed by atoms with Crippen LogP contribution in [-0.4, -0.2) is 42.1 Å². The van der Waals surface area contributed by atoms with Crippen molar-refractivity contribution in [1.29, 1.82) is 0 Å². The molecule has 2 atom stereocenters. The molecule has 3 heterocycles. The second-order valence-corrected chi connectivity index (χ2v) is 9.98. The predicted octanol–water partition coefficient (Wildman–Crippen LogP) is 4.98. The molecule has 2 saturated heterocycles. The van der Waals surface area contributed by atoms with E-state index in [0.29, 0.717) is 30.1 Å². The fraction of sp³-hybridized carbons (Fsp3) is 0.448. The monoisotopic (exact) mass is 457 g/mol. The molecule has 2 aliphatic rings. The zero-order valence-corrected chi connectivity index (χ0v) is 19.9. The lowest BCUT2D eigenvalue weighted by atomic mass is 9.80. The molecule has 5 nitrogen and oxygen atoms in total. The van der Waals surface area contributed by atoms with Gasteiger partial charge in [0.25, 0.3) is 0 Å². The standard InChI is InChI=1S/C29H35N3O2/c33-29(32-15-12-23(13-16-32)17-22-7-3-1-4-8-22)19-25-11-14-30-21-26(25)18-27-20-28(34-31-27)24-9-5-2-6-10-24/h1-10,20,23,25-26,30H,11-19,21H2. The first kappa shape index (κ1) is 22.9. The molecule has 1 aromatic heterocycles. The summed E-state index contributed by atoms with van der Waals surface area (Å²) in [5.74, 6) is 2.63. The molecule has 0 aliphatic carbocycles. The number of likely N-dealkylation sites (tertiary alicyclic amines) is 1. The summed E-state index contributed by atoms with van der Waals surface area (Å²) in [5.41, 5.74) is 3.44. The number of hydrogen-bond acceptors (Lipinski definition) is 4. The SMILES string of the molecule is O=C(CC1CCNCC1Cc1cc(-c2ccccc2)on1)N1CCC(Cc2ccccc2)CC1. The molecular formula is C29H35N3O2. The number of rotatable bonds is 7. The van der Waals surface area contributed by atoms with Crippen molar-refractivity contribution in [2.45, 2.75) is 38.5 Å². The van der Waals surface area contributed by atoms with E-state index in [9.17, 15) is 4.79 Å². The van der Waals surface area contributed by atoms with E-state index in [1.807, 2.05) is 30.3 Å². The summed E-state index contributed by atoms with van der Waals surface area (Å²) >= 11 is 0. The maximum absolute atomic E-state index is 13.2. The van der Waals surface area contributed by atoms with Crippen LogP contribution in [-0.2, 0) is 17.6 Å². The number of nitrogens with one attached hydrogen (secondary N) is 1. The highest BCUT2D eigenvalue weighted by atomic mass is 16.5. The highest BCUT2D eigenvalue weighted by Crippen LogP contribution is 2.30. The lowest BCUT2D eigenvalue weighted by Crippen LogP contribution is -2.43. The summed E-state index contributed by atoms with van der Waals surface area (Å²) in [4.78, 5) is 15.3. The zero-order chi connectivity index (χ0) is 23.2. The molecule has 178 valence electrons. The first-order valence-corrected chi connectivity index (χ1v) is 12.8. The van der Waals surface area contributed by atoms with Crippen LogP contribution >= 0.6 is 0 Å². The molecule has 2 fully saturated rings. The number of piperidine rings is 2. The van der Waals surface area contributed by atoms with Crippen LogP contribution in [0.3, 0.4) is 0 Å². The van der Waals surface area contributed by atoms with E-state index in [0.717, 1.165) is 75.3 Å². The molecule has 2 unspecified atom stereocenters. The van der Waals surface area contributed by atoms with Crippen LogP contribution in [0, 0.1) is 17.8 Å². The van der Waals surface area contributed by atoms with E-state index in [1.54, 1.807) is 0 Å². The molecule has 0 saturated carbocycles. The zero-order valence-electron chi connectivity index (χ0n) is 19.9. The number of amides is 1. The number of carbonyl (C=O) groups is 1. The van der Waals surface area contributed by atoms with Gasteiger partial charge in [-0.3, -0.25) is 4.79 Å². The van der Waals surface area contributed by atoms with Crippen molar-refractivity contribution < 1.29 is 9.32 Å². The summed E-state index contributed by atoms with van der Waals surface area (Å²) in [7, 11) is 0. The van der Waals surface area contributed by atoms with Crippen molar-refractivity contribution in [3.05, 3.63) is 78.0 Å². The van der Waals surface area contributed by atoms with Crippen LogP contribution in [0.1, 0.15) is 36.9 Å². The Labute approximate surface area is 202 Å². The minimum absolute atomic E-state index is 0.334. The third-order valence-electron chi connectivity index (χ3n) is 7.62. The van der Waals surface area contributed by atoms with Gasteiger partial charge in [0.05, 0.1) is 5.69 Å². The van der Waals surface area contributed by atoms with Crippen molar-refractivity contribution in [3.63, 3.8) is 0 Å². The van der Waals surface area contributed by atoms with Gasteiger partial charge in [-0.1, -0.05) is 65.8 Å². The van der Waals surface area contributed by atoms with Gasteiger partial charge in [-0.05, 0) is 68.5 Å². The molecule has 2 aromatic carbocycles. The second kappa shape index (κ2) is 11.0. The van der Waals surface area contributed by atoms with Gasteiger partial charge in [-0.2, -0.15) is 0 Å². The Morgan fingerprint density at radius 3 is 2.44 bits per heavy atom. The largest absolute Gasteiger partial charge is 0.356 e. The third kappa shape index (κ3) is 5.76. The van der Waals surface area contributed by atoms with Crippen molar-refractivity contribution in [1.82, 2.24) is 15.4 Å². The molecule has 0 bridgehead atoms. The Kier molecular flexibility index (Phi) is 7.40. The summed E-state index contributed by atoms with van der Waals surface area (Å²) in [6.45, 7) is 3.72. The Morgan fingerprint density at radius 2 is 1.68 bits per heavy atom. The maximum Gasteiger partial charge on any atom is 0.222 e. The number of aromatic nitrogens is 1. The molecular weight excluding hydrogens is 422 g/mol. The van der Waals surface area contributed by atoms with E-state index in [4.69, 9.17) is 4.52 Å². The van der Waals surface area contributed by atoms with Gasteiger partial charge >= 0.3 is 0 Å². The first-order valence-electron chi connectivity index (χ1n) is 12.8.